The number of phenolic OH excluding ortho intramolecular Hbond substituents is 1. The first kappa shape index (κ1) is 13.3. The zero-order chi connectivity index (χ0) is 12.3. The lowest BCUT2D eigenvalue weighted by molar-refractivity contribution is 0.0918. The van der Waals surface area contributed by atoms with Gasteiger partial charge in [0.15, 0.2) is 0 Å². The molecule has 88 valence electrons. The third-order valence-corrected chi connectivity index (χ3v) is 3.63. The highest BCUT2D eigenvalue weighted by Crippen LogP contribution is 2.22. The third kappa shape index (κ3) is 3.39. The van der Waals surface area contributed by atoms with Gasteiger partial charge in [-0.05, 0) is 32.0 Å². The summed E-state index contributed by atoms with van der Waals surface area (Å²) in [5, 5.41) is 13.4. The number of hydrogen-bond donors (Lipinski definition) is 2. The van der Waals surface area contributed by atoms with Crippen LogP contribution in [0.3, 0.4) is 0 Å². The molecule has 0 saturated carbocycles. The van der Waals surface area contributed by atoms with Gasteiger partial charge in [-0.3, -0.25) is 4.79 Å². The molecular formula is C11H13BrClNO2. The maximum atomic E-state index is 11.8. The molecule has 0 saturated heterocycles. The van der Waals surface area contributed by atoms with Gasteiger partial charge < -0.3 is 10.4 Å². The molecule has 3 nitrogen and oxygen atoms in total. The van der Waals surface area contributed by atoms with E-state index in [9.17, 15) is 9.90 Å². The Morgan fingerprint density at radius 2 is 2.19 bits per heavy atom. The average Bonchev–Trinajstić information content (AvgIpc) is 2.16. The van der Waals surface area contributed by atoms with Gasteiger partial charge in [-0.25, -0.2) is 0 Å². The molecule has 0 aliphatic rings. The summed E-state index contributed by atoms with van der Waals surface area (Å²) in [6, 6.07) is 4.41. The van der Waals surface area contributed by atoms with Gasteiger partial charge in [-0.15, -0.1) is 0 Å². The minimum absolute atomic E-state index is 0.115. The van der Waals surface area contributed by atoms with E-state index >= 15 is 0 Å². The molecule has 1 aromatic carbocycles. The summed E-state index contributed by atoms with van der Waals surface area (Å²) in [7, 11) is 0. The Morgan fingerprint density at radius 1 is 1.56 bits per heavy atom. The van der Waals surface area contributed by atoms with Crippen molar-refractivity contribution in [1.29, 1.82) is 0 Å². The van der Waals surface area contributed by atoms with Crippen LogP contribution in [-0.4, -0.2) is 21.9 Å². The Morgan fingerprint density at radius 3 is 2.69 bits per heavy atom. The molecule has 0 spiro atoms. The summed E-state index contributed by atoms with van der Waals surface area (Å²) < 4.78 is 0. The number of aromatic hydroxyl groups is 1. The van der Waals surface area contributed by atoms with Crippen molar-refractivity contribution in [2.75, 3.05) is 5.33 Å². The maximum absolute atomic E-state index is 11.8. The normalized spacial score (nSPS) is 11.2. The quantitative estimate of drug-likeness (QED) is 0.844. The second kappa shape index (κ2) is 5.06. The number of carbonyl (C=O) groups is 1. The highest BCUT2D eigenvalue weighted by molar-refractivity contribution is 9.09. The zero-order valence-electron chi connectivity index (χ0n) is 9.05. The second-order valence-corrected chi connectivity index (χ2v) is 5.13. The Kier molecular flexibility index (Phi) is 4.21. The summed E-state index contributed by atoms with van der Waals surface area (Å²) in [4.78, 5) is 11.8. The van der Waals surface area contributed by atoms with Gasteiger partial charge >= 0.3 is 0 Å². The maximum Gasteiger partial charge on any atom is 0.255 e. The molecule has 5 heteroatoms. The third-order valence-electron chi connectivity index (χ3n) is 1.99. The average molecular weight is 307 g/mol. The topological polar surface area (TPSA) is 49.3 Å². The molecule has 0 radical (unpaired) electrons. The van der Waals surface area contributed by atoms with Gasteiger partial charge in [0, 0.05) is 15.9 Å². The standard InChI is InChI=1S/C11H13BrClNO2/c1-11(2,6-12)14-10(16)8-4-3-7(13)5-9(8)15/h3-5,15H,6H2,1-2H3,(H,14,16). The van der Waals surface area contributed by atoms with Gasteiger partial charge in [0.05, 0.1) is 5.56 Å². The van der Waals surface area contributed by atoms with Crippen LogP contribution >= 0.6 is 27.5 Å². The van der Waals surface area contributed by atoms with Gasteiger partial charge in [0.2, 0.25) is 0 Å². The van der Waals surface area contributed by atoms with Crippen LogP contribution in [0, 0.1) is 0 Å². The first-order valence-electron chi connectivity index (χ1n) is 4.73. The minimum atomic E-state index is -0.372. The number of hydrogen-bond acceptors (Lipinski definition) is 2. The molecule has 0 fully saturated rings. The van der Waals surface area contributed by atoms with E-state index in [4.69, 9.17) is 11.6 Å². The number of rotatable bonds is 3. The summed E-state index contributed by atoms with van der Waals surface area (Å²) in [6.07, 6.45) is 0. The van der Waals surface area contributed by atoms with E-state index in [0.717, 1.165) is 0 Å². The van der Waals surface area contributed by atoms with Gasteiger partial charge in [0.25, 0.3) is 5.91 Å². The zero-order valence-corrected chi connectivity index (χ0v) is 11.4. The van der Waals surface area contributed by atoms with E-state index in [1.54, 1.807) is 6.07 Å². The number of nitrogens with one attached hydrogen (secondary N) is 1. The molecule has 0 aromatic heterocycles. The van der Waals surface area contributed by atoms with Crippen molar-refractivity contribution in [3.8, 4) is 5.75 Å². The molecule has 1 amide bonds. The van der Waals surface area contributed by atoms with Crippen LogP contribution in [0.2, 0.25) is 5.02 Å². The highest BCUT2D eigenvalue weighted by Gasteiger charge is 2.21. The van der Waals surface area contributed by atoms with Crippen molar-refractivity contribution >= 4 is 33.4 Å². The van der Waals surface area contributed by atoms with Crippen molar-refractivity contribution < 1.29 is 9.90 Å². The molecular weight excluding hydrogens is 293 g/mol. The first-order valence-corrected chi connectivity index (χ1v) is 6.22. The van der Waals surface area contributed by atoms with Crippen molar-refractivity contribution in [3.63, 3.8) is 0 Å². The molecule has 2 N–H and O–H groups in total. The van der Waals surface area contributed by atoms with Gasteiger partial charge in [0.1, 0.15) is 5.75 Å². The predicted octanol–water partition coefficient (Wildman–Crippen LogP) is 2.95. The van der Waals surface area contributed by atoms with Crippen molar-refractivity contribution in [1.82, 2.24) is 5.32 Å². The summed E-state index contributed by atoms with van der Waals surface area (Å²) in [5.41, 5.74) is -0.151. The molecule has 16 heavy (non-hydrogen) atoms. The van der Waals surface area contributed by atoms with E-state index in [1.165, 1.54) is 12.1 Å². The van der Waals surface area contributed by atoms with Crippen LogP contribution in [0.1, 0.15) is 24.2 Å². The molecule has 0 bridgehead atoms. The van der Waals surface area contributed by atoms with Crippen LogP contribution < -0.4 is 5.32 Å². The molecule has 1 aromatic rings. The van der Waals surface area contributed by atoms with Crippen LogP contribution in [0.25, 0.3) is 0 Å². The van der Waals surface area contributed by atoms with Crippen LogP contribution in [0.5, 0.6) is 5.75 Å². The summed E-state index contributed by atoms with van der Waals surface area (Å²) >= 11 is 8.99. The van der Waals surface area contributed by atoms with Crippen LogP contribution in [-0.2, 0) is 0 Å². The van der Waals surface area contributed by atoms with Crippen molar-refractivity contribution in [2.24, 2.45) is 0 Å². The lowest BCUT2D eigenvalue weighted by Crippen LogP contribution is -2.44. The molecule has 0 aliphatic heterocycles. The number of amides is 1. The largest absolute Gasteiger partial charge is 0.507 e. The predicted molar refractivity (Wildman–Crippen MR) is 68.5 cm³/mol. The van der Waals surface area contributed by atoms with Crippen LogP contribution in [0.15, 0.2) is 18.2 Å². The number of halogens is 2. The van der Waals surface area contributed by atoms with E-state index in [0.29, 0.717) is 10.4 Å². The summed E-state index contributed by atoms with van der Waals surface area (Å²) in [6.45, 7) is 3.76. The Bertz CT molecular complexity index is 407. The van der Waals surface area contributed by atoms with Gasteiger partial charge in [-0.2, -0.15) is 0 Å². The molecule has 0 aliphatic carbocycles. The van der Waals surface area contributed by atoms with E-state index in [-0.39, 0.29) is 22.8 Å². The monoisotopic (exact) mass is 305 g/mol. The number of phenols is 1. The second-order valence-electron chi connectivity index (χ2n) is 4.13. The lowest BCUT2D eigenvalue weighted by atomic mass is 10.1. The number of benzene rings is 1. The number of carbonyl (C=O) groups excluding carboxylic acids is 1. The smallest absolute Gasteiger partial charge is 0.255 e. The minimum Gasteiger partial charge on any atom is -0.507 e. The molecule has 0 unspecified atom stereocenters. The van der Waals surface area contributed by atoms with E-state index < -0.39 is 0 Å². The fourth-order valence-electron chi connectivity index (χ4n) is 1.10. The Labute approximate surface area is 108 Å². The molecule has 0 atom stereocenters. The summed E-state index contributed by atoms with van der Waals surface area (Å²) in [5.74, 6) is -0.436. The van der Waals surface area contributed by atoms with Crippen LogP contribution in [0.4, 0.5) is 0 Å². The SMILES string of the molecule is CC(C)(CBr)NC(=O)c1ccc(Cl)cc1O. The number of alkyl halides is 1. The Hall–Kier alpha value is -0.740. The lowest BCUT2D eigenvalue weighted by Gasteiger charge is -2.23. The fraction of sp³-hybridized carbons (Fsp3) is 0.364. The van der Waals surface area contributed by atoms with E-state index in [2.05, 4.69) is 21.2 Å². The fourth-order valence-corrected chi connectivity index (χ4v) is 1.41. The first-order chi connectivity index (χ1) is 7.35. The molecule has 0 heterocycles. The van der Waals surface area contributed by atoms with E-state index in [1.807, 2.05) is 13.8 Å². The van der Waals surface area contributed by atoms with Crippen molar-refractivity contribution in [2.45, 2.75) is 19.4 Å². The van der Waals surface area contributed by atoms with Gasteiger partial charge in [-0.1, -0.05) is 27.5 Å². The Balaban J connectivity index is 2.89. The molecule has 1 rings (SSSR count). The highest BCUT2D eigenvalue weighted by atomic mass is 79.9. The van der Waals surface area contributed by atoms with Crippen molar-refractivity contribution in [3.05, 3.63) is 28.8 Å².